The number of rotatable bonds is 4. The van der Waals surface area contributed by atoms with Crippen molar-refractivity contribution in [2.75, 3.05) is 33.3 Å². The first-order valence-electron chi connectivity index (χ1n) is 6.90. The zero-order valence-electron chi connectivity index (χ0n) is 12.5. The first kappa shape index (κ1) is 16.3. The molecule has 116 valence electrons. The van der Waals surface area contributed by atoms with E-state index in [0.29, 0.717) is 4.88 Å². The SMILES string of the molecule is COC(=O)c1sccc1SN1CCN(C(=O)C(C)C)CC1. The number of amides is 1. The van der Waals surface area contributed by atoms with Crippen molar-refractivity contribution in [3.63, 3.8) is 0 Å². The Morgan fingerprint density at radius 1 is 1.29 bits per heavy atom. The van der Waals surface area contributed by atoms with Crippen LogP contribution in [0.25, 0.3) is 0 Å². The van der Waals surface area contributed by atoms with Gasteiger partial charge in [0.25, 0.3) is 0 Å². The summed E-state index contributed by atoms with van der Waals surface area (Å²) < 4.78 is 6.98. The number of nitrogens with zero attached hydrogens (tertiary/aromatic N) is 2. The van der Waals surface area contributed by atoms with Crippen LogP contribution in [0.15, 0.2) is 16.3 Å². The fraction of sp³-hybridized carbons (Fsp3) is 0.571. The number of carbonyl (C=O) groups is 2. The van der Waals surface area contributed by atoms with Gasteiger partial charge in [0, 0.05) is 37.0 Å². The Bertz CT molecular complexity index is 508. The molecule has 0 bridgehead atoms. The maximum atomic E-state index is 11.9. The van der Waals surface area contributed by atoms with E-state index in [9.17, 15) is 9.59 Å². The molecule has 0 N–H and O–H groups in total. The topological polar surface area (TPSA) is 49.9 Å². The number of methoxy groups -OCH3 is 1. The molecule has 0 aromatic carbocycles. The van der Waals surface area contributed by atoms with E-state index in [-0.39, 0.29) is 17.8 Å². The van der Waals surface area contributed by atoms with E-state index in [4.69, 9.17) is 4.74 Å². The third-order valence-corrected chi connectivity index (χ3v) is 5.46. The van der Waals surface area contributed by atoms with Crippen molar-refractivity contribution in [1.29, 1.82) is 0 Å². The molecule has 1 amide bonds. The molecular formula is C14H20N2O3S2. The standard InChI is InChI=1S/C14H20N2O3S2/c1-10(2)13(17)15-5-7-16(8-6-15)21-11-4-9-20-12(11)14(18)19-3/h4,9-10H,5-8H2,1-3H3. The van der Waals surface area contributed by atoms with Crippen molar-refractivity contribution in [3.8, 4) is 0 Å². The van der Waals surface area contributed by atoms with Crippen LogP contribution in [0.3, 0.4) is 0 Å². The number of thiophene rings is 1. The molecule has 5 nitrogen and oxygen atoms in total. The molecule has 1 saturated heterocycles. The molecule has 0 spiro atoms. The number of ether oxygens (including phenoxy) is 1. The third-order valence-electron chi connectivity index (χ3n) is 3.27. The zero-order chi connectivity index (χ0) is 15.4. The first-order valence-corrected chi connectivity index (χ1v) is 8.55. The second-order valence-electron chi connectivity index (χ2n) is 5.11. The largest absolute Gasteiger partial charge is 0.465 e. The summed E-state index contributed by atoms with van der Waals surface area (Å²) in [6, 6.07) is 1.94. The van der Waals surface area contributed by atoms with Gasteiger partial charge in [-0.3, -0.25) is 4.79 Å². The lowest BCUT2D eigenvalue weighted by Gasteiger charge is -2.34. The second kappa shape index (κ2) is 7.29. The molecule has 2 rings (SSSR count). The van der Waals surface area contributed by atoms with Gasteiger partial charge < -0.3 is 9.64 Å². The highest BCUT2D eigenvalue weighted by Crippen LogP contribution is 2.31. The molecule has 0 atom stereocenters. The molecule has 0 saturated carbocycles. The normalized spacial score (nSPS) is 16.3. The Hall–Kier alpha value is -1.05. The molecule has 1 aromatic heterocycles. The average Bonchev–Trinajstić information content (AvgIpc) is 2.94. The Kier molecular flexibility index (Phi) is 5.66. The molecule has 1 aromatic rings. The van der Waals surface area contributed by atoms with Crippen LogP contribution in [-0.2, 0) is 9.53 Å². The minimum atomic E-state index is -0.291. The summed E-state index contributed by atoms with van der Waals surface area (Å²) in [5.74, 6) is -0.0291. The van der Waals surface area contributed by atoms with E-state index in [1.165, 1.54) is 18.4 Å². The fourth-order valence-corrected chi connectivity index (χ4v) is 4.08. The molecule has 0 unspecified atom stereocenters. The number of carbonyl (C=O) groups excluding carboxylic acids is 2. The highest BCUT2D eigenvalue weighted by molar-refractivity contribution is 7.97. The van der Waals surface area contributed by atoms with E-state index in [1.807, 2.05) is 30.2 Å². The molecule has 0 aliphatic carbocycles. The van der Waals surface area contributed by atoms with Crippen LogP contribution >= 0.6 is 23.3 Å². The lowest BCUT2D eigenvalue weighted by Crippen LogP contribution is -2.47. The first-order chi connectivity index (χ1) is 10.0. The predicted octanol–water partition coefficient (Wildman–Crippen LogP) is 2.34. The van der Waals surface area contributed by atoms with Crippen LogP contribution in [0.4, 0.5) is 0 Å². The summed E-state index contributed by atoms with van der Waals surface area (Å²) in [6.45, 7) is 6.94. The average molecular weight is 328 g/mol. The van der Waals surface area contributed by atoms with Crippen molar-refractivity contribution in [1.82, 2.24) is 9.21 Å². The Morgan fingerprint density at radius 2 is 1.95 bits per heavy atom. The van der Waals surface area contributed by atoms with Crippen LogP contribution in [0.1, 0.15) is 23.5 Å². The number of hydrogen-bond acceptors (Lipinski definition) is 6. The molecule has 7 heteroatoms. The highest BCUT2D eigenvalue weighted by atomic mass is 32.2. The molecule has 1 fully saturated rings. The van der Waals surface area contributed by atoms with Gasteiger partial charge in [0.1, 0.15) is 4.88 Å². The van der Waals surface area contributed by atoms with Crippen LogP contribution in [0.2, 0.25) is 0 Å². The number of esters is 1. The smallest absolute Gasteiger partial charge is 0.349 e. The maximum Gasteiger partial charge on any atom is 0.349 e. The molecule has 1 aliphatic rings. The quantitative estimate of drug-likeness (QED) is 0.627. The summed E-state index contributed by atoms with van der Waals surface area (Å²) in [7, 11) is 1.40. The summed E-state index contributed by atoms with van der Waals surface area (Å²) in [5, 5.41) is 1.90. The van der Waals surface area contributed by atoms with Crippen molar-refractivity contribution >= 4 is 35.2 Å². The summed E-state index contributed by atoms with van der Waals surface area (Å²) in [4.78, 5) is 27.1. The third kappa shape index (κ3) is 3.99. The van der Waals surface area contributed by atoms with Gasteiger partial charge in [-0.1, -0.05) is 13.8 Å². The van der Waals surface area contributed by atoms with Crippen molar-refractivity contribution in [2.24, 2.45) is 5.92 Å². The van der Waals surface area contributed by atoms with Gasteiger partial charge in [-0.15, -0.1) is 11.3 Å². The van der Waals surface area contributed by atoms with Gasteiger partial charge in [0.05, 0.1) is 7.11 Å². The van der Waals surface area contributed by atoms with Gasteiger partial charge in [-0.25, -0.2) is 9.10 Å². The second-order valence-corrected chi connectivity index (χ2v) is 7.16. The Morgan fingerprint density at radius 3 is 2.52 bits per heavy atom. The van der Waals surface area contributed by atoms with E-state index in [2.05, 4.69) is 4.31 Å². The van der Waals surface area contributed by atoms with Crippen LogP contribution < -0.4 is 0 Å². The molecule has 2 heterocycles. The van der Waals surface area contributed by atoms with Gasteiger partial charge in [-0.2, -0.15) is 0 Å². The van der Waals surface area contributed by atoms with Crippen molar-refractivity contribution < 1.29 is 14.3 Å². The van der Waals surface area contributed by atoms with Crippen LogP contribution in [0.5, 0.6) is 0 Å². The number of piperazine rings is 1. The van der Waals surface area contributed by atoms with Gasteiger partial charge >= 0.3 is 5.97 Å². The maximum absolute atomic E-state index is 11.9. The molecule has 1 aliphatic heterocycles. The Labute approximate surface area is 133 Å². The minimum Gasteiger partial charge on any atom is -0.465 e. The van der Waals surface area contributed by atoms with Gasteiger partial charge in [0.15, 0.2) is 0 Å². The predicted molar refractivity (Wildman–Crippen MR) is 84.5 cm³/mol. The van der Waals surface area contributed by atoms with E-state index in [1.54, 1.807) is 11.9 Å². The summed E-state index contributed by atoms with van der Waals surface area (Å²) in [6.07, 6.45) is 0. The van der Waals surface area contributed by atoms with Crippen molar-refractivity contribution in [2.45, 2.75) is 18.7 Å². The van der Waals surface area contributed by atoms with E-state index < -0.39 is 0 Å². The van der Waals surface area contributed by atoms with Crippen LogP contribution in [0, 0.1) is 5.92 Å². The number of hydrogen-bond donors (Lipinski definition) is 0. The van der Waals surface area contributed by atoms with E-state index >= 15 is 0 Å². The fourth-order valence-electron chi connectivity index (χ4n) is 2.11. The lowest BCUT2D eigenvalue weighted by atomic mass is 10.2. The molecule has 21 heavy (non-hydrogen) atoms. The Balaban J connectivity index is 1.91. The summed E-state index contributed by atoms with van der Waals surface area (Å²) in [5.41, 5.74) is 0. The van der Waals surface area contributed by atoms with Gasteiger partial charge in [0.2, 0.25) is 5.91 Å². The lowest BCUT2D eigenvalue weighted by molar-refractivity contribution is -0.135. The highest BCUT2D eigenvalue weighted by Gasteiger charge is 2.24. The summed E-state index contributed by atoms with van der Waals surface area (Å²) >= 11 is 2.96. The zero-order valence-corrected chi connectivity index (χ0v) is 14.1. The van der Waals surface area contributed by atoms with Gasteiger partial charge in [-0.05, 0) is 23.4 Å². The van der Waals surface area contributed by atoms with Crippen LogP contribution in [-0.4, -0.2) is 54.4 Å². The molecular weight excluding hydrogens is 308 g/mol. The van der Waals surface area contributed by atoms with E-state index in [0.717, 1.165) is 31.1 Å². The minimum absolute atomic E-state index is 0.0482. The molecule has 0 radical (unpaired) electrons. The monoisotopic (exact) mass is 328 g/mol. The van der Waals surface area contributed by atoms with Crippen molar-refractivity contribution in [3.05, 3.63) is 16.3 Å².